The van der Waals surface area contributed by atoms with Crippen molar-refractivity contribution in [2.45, 2.75) is 0 Å². The molecule has 5 heteroatoms. The molecule has 0 aliphatic rings. The minimum absolute atomic E-state index is 0.170. The molecule has 0 spiro atoms. The van der Waals surface area contributed by atoms with Gasteiger partial charge >= 0.3 is 0 Å². The molecule has 0 atom stereocenters. The van der Waals surface area contributed by atoms with Gasteiger partial charge in [0.25, 0.3) is 0 Å². The molecule has 0 fully saturated rings. The second-order valence-corrected chi connectivity index (χ2v) is 9.07. The quantitative estimate of drug-likeness (QED) is 0.239. The number of hydrogen-bond acceptors (Lipinski definition) is 3. The van der Waals surface area contributed by atoms with Crippen molar-refractivity contribution in [3.8, 4) is 33.8 Å². The molecule has 3 nitrogen and oxygen atoms in total. The minimum Gasteiger partial charge on any atom is -0.507 e. The number of ketones is 1. The summed E-state index contributed by atoms with van der Waals surface area (Å²) in [5.74, 6) is -1.86. The summed E-state index contributed by atoms with van der Waals surface area (Å²) in [6, 6.07) is 28.8. The highest BCUT2D eigenvalue weighted by Crippen LogP contribution is 2.41. The van der Waals surface area contributed by atoms with Gasteiger partial charge in [-0.1, -0.05) is 72.8 Å². The fourth-order valence-electron chi connectivity index (χ4n) is 5.05. The Labute approximate surface area is 216 Å². The smallest absolute Gasteiger partial charge is 0.195 e. The molecule has 0 heterocycles. The topological polar surface area (TPSA) is 57.5 Å². The molecule has 0 radical (unpaired) electrons. The predicted molar refractivity (Wildman–Crippen MR) is 145 cm³/mol. The normalized spacial score (nSPS) is 11.2. The van der Waals surface area contributed by atoms with Gasteiger partial charge in [0.2, 0.25) is 0 Å². The Morgan fingerprint density at radius 3 is 1.37 bits per heavy atom. The van der Waals surface area contributed by atoms with Crippen molar-refractivity contribution in [3.63, 3.8) is 0 Å². The third kappa shape index (κ3) is 3.85. The van der Waals surface area contributed by atoms with Gasteiger partial charge in [0.1, 0.15) is 23.1 Å². The first-order valence-electron chi connectivity index (χ1n) is 12.0. The number of fused-ring (bicyclic) bond motifs is 2. The van der Waals surface area contributed by atoms with E-state index in [0.717, 1.165) is 22.9 Å². The Morgan fingerprint density at radius 1 is 0.500 bits per heavy atom. The van der Waals surface area contributed by atoms with Crippen LogP contribution >= 0.6 is 0 Å². The molecule has 2 N–H and O–H groups in total. The molecule has 0 amide bonds. The van der Waals surface area contributed by atoms with E-state index >= 15 is 0 Å². The SMILES string of the molecule is O=C(c1c(-c2cc(F)ccc2O)ccc2ccccc12)c1c(-c2cc(F)ccc2O)ccc2ccccc12. The zero-order valence-corrected chi connectivity index (χ0v) is 20.0. The van der Waals surface area contributed by atoms with Crippen LogP contribution in [0.15, 0.2) is 109 Å². The van der Waals surface area contributed by atoms with E-state index in [-0.39, 0.29) is 33.8 Å². The van der Waals surface area contributed by atoms with Gasteiger partial charge in [-0.25, -0.2) is 8.78 Å². The second-order valence-electron chi connectivity index (χ2n) is 9.07. The van der Waals surface area contributed by atoms with E-state index in [2.05, 4.69) is 0 Å². The van der Waals surface area contributed by atoms with E-state index in [4.69, 9.17) is 0 Å². The van der Waals surface area contributed by atoms with Crippen molar-refractivity contribution >= 4 is 27.3 Å². The van der Waals surface area contributed by atoms with Crippen LogP contribution in [0.25, 0.3) is 43.8 Å². The Kier molecular flexibility index (Phi) is 5.61. The molecule has 6 rings (SSSR count). The van der Waals surface area contributed by atoms with Gasteiger partial charge in [-0.3, -0.25) is 4.79 Å². The molecule has 0 saturated carbocycles. The van der Waals surface area contributed by atoms with E-state index in [0.29, 0.717) is 21.9 Å². The van der Waals surface area contributed by atoms with Crippen molar-refractivity contribution in [1.29, 1.82) is 0 Å². The lowest BCUT2D eigenvalue weighted by Gasteiger charge is -2.18. The van der Waals surface area contributed by atoms with Crippen LogP contribution in [0, 0.1) is 11.6 Å². The third-order valence-corrected chi connectivity index (χ3v) is 6.81. The van der Waals surface area contributed by atoms with Gasteiger partial charge in [-0.05, 0) is 69.1 Å². The summed E-state index contributed by atoms with van der Waals surface area (Å²) in [4.78, 5) is 14.7. The zero-order valence-electron chi connectivity index (χ0n) is 20.0. The molecule has 0 bridgehead atoms. The van der Waals surface area contributed by atoms with E-state index in [9.17, 15) is 23.8 Å². The minimum atomic E-state index is -0.556. The Morgan fingerprint density at radius 2 is 0.921 bits per heavy atom. The summed E-state index contributed by atoms with van der Waals surface area (Å²) < 4.78 is 28.6. The molecule has 0 aromatic heterocycles. The molecule has 6 aromatic carbocycles. The van der Waals surface area contributed by atoms with Crippen LogP contribution in [-0.4, -0.2) is 16.0 Å². The highest BCUT2D eigenvalue weighted by Gasteiger charge is 2.25. The fourth-order valence-corrected chi connectivity index (χ4v) is 5.05. The van der Waals surface area contributed by atoms with Crippen LogP contribution in [0.3, 0.4) is 0 Å². The highest BCUT2D eigenvalue weighted by molar-refractivity contribution is 6.27. The van der Waals surface area contributed by atoms with Gasteiger partial charge in [-0.2, -0.15) is 0 Å². The van der Waals surface area contributed by atoms with Crippen molar-refractivity contribution in [2.75, 3.05) is 0 Å². The number of carbonyl (C=O) groups excluding carboxylic acids is 1. The Hall–Kier alpha value is -5.03. The van der Waals surface area contributed by atoms with E-state index in [1.54, 1.807) is 36.4 Å². The Balaban J connectivity index is 1.73. The average molecular weight is 503 g/mol. The molecule has 0 saturated heterocycles. The largest absolute Gasteiger partial charge is 0.507 e. The lowest BCUT2D eigenvalue weighted by atomic mass is 9.84. The fraction of sp³-hybridized carbons (Fsp3) is 0. The van der Waals surface area contributed by atoms with Crippen LogP contribution < -0.4 is 0 Å². The van der Waals surface area contributed by atoms with Crippen LogP contribution in [-0.2, 0) is 0 Å². The van der Waals surface area contributed by atoms with Crippen molar-refractivity contribution < 1.29 is 23.8 Å². The van der Waals surface area contributed by atoms with Crippen molar-refractivity contribution in [2.24, 2.45) is 0 Å². The first kappa shape index (κ1) is 23.4. The van der Waals surface area contributed by atoms with Crippen molar-refractivity contribution in [3.05, 3.63) is 132 Å². The van der Waals surface area contributed by atoms with Gasteiger partial charge < -0.3 is 10.2 Å². The van der Waals surface area contributed by atoms with Crippen LogP contribution in [0.4, 0.5) is 8.78 Å². The maximum Gasteiger partial charge on any atom is 0.195 e. The van der Waals surface area contributed by atoms with Gasteiger partial charge in [0.05, 0.1) is 0 Å². The number of hydrogen-bond donors (Lipinski definition) is 2. The predicted octanol–water partition coefficient (Wildman–Crippen LogP) is 8.25. The monoisotopic (exact) mass is 502 g/mol. The number of rotatable bonds is 4. The van der Waals surface area contributed by atoms with Crippen LogP contribution in [0.2, 0.25) is 0 Å². The van der Waals surface area contributed by atoms with Crippen LogP contribution in [0.1, 0.15) is 15.9 Å². The Bertz CT molecular complexity index is 1760. The highest BCUT2D eigenvalue weighted by atomic mass is 19.1. The molecular weight excluding hydrogens is 482 g/mol. The van der Waals surface area contributed by atoms with Gasteiger partial charge in [0.15, 0.2) is 5.78 Å². The summed E-state index contributed by atoms with van der Waals surface area (Å²) >= 11 is 0. The first-order chi connectivity index (χ1) is 18.4. The lowest BCUT2D eigenvalue weighted by Crippen LogP contribution is -2.08. The number of carbonyl (C=O) groups is 1. The molecule has 0 aliphatic carbocycles. The number of aromatic hydroxyl groups is 2. The average Bonchev–Trinajstić information content (AvgIpc) is 2.94. The van der Waals surface area contributed by atoms with E-state index < -0.39 is 17.4 Å². The molecular formula is C33H20F2O3. The standard InChI is InChI=1S/C33H20F2O3/c34-21-11-15-29(36)27(17-21)25-13-9-19-5-1-3-7-23(19)31(25)33(38)32-24-8-4-2-6-20(24)10-14-26(32)28-18-22(35)12-16-30(28)37/h1-18,36-37H. The first-order valence-corrected chi connectivity index (χ1v) is 12.0. The summed E-state index contributed by atoms with van der Waals surface area (Å²) in [6.07, 6.45) is 0. The zero-order chi connectivity index (χ0) is 26.4. The summed E-state index contributed by atoms with van der Waals surface area (Å²) in [7, 11) is 0. The van der Waals surface area contributed by atoms with Gasteiger partial charge in [-0.15, -0.1) is 0 Å². The maximum atomic E-state index is 14.7. The third-order valence-electron chi connectivity index (χ3n) is 6.81. The van der Waals surface area contributed by atoms with E-state index in [1.807, 2.05) is 36.4 Å². The number of phenolic OH excluding ortho intramolecular Hbond substituents is 2. The van der Waals surface area contributed by atoms with Gasteiger partial charge in [0, 0.05) is 22.3 Å². The molecule has 0 unspecified atom stereocenters. The number of halogens is 2. The molecule has 38 heavy (non-hydrogen) atoms. The van der Waals surface area contributed by atoms with E-state index in [1.165, 1.54) is 24.3 Å². The molecule has 184 valence electrons. The second kappa shape index (κ2) is 9.12. The molecule has 6 aromatic rings. The summed E-state index contributed by atoms with van der Waals surface area (Å²) in [5.41, 5.74) is 1.58. The van der Waals surface area contributed by atoms with Crippen molar-refractivity contribution in [1.82, 2.24) is 0 Å². The summed E-state index contributed by atoms with van der Waals surface area (Å²) in [6.45, 7) is 0. The van der Waals surface area contributed by atoms with Crippen LogP contribution in [0.5, 0.6) is 11.5 Å². The lowest BCUT2D eigenvalue weighted by molar-refractivity contribution is 0.104. The summed E-state index contributed by atoms with van der Waals surface area (Å²) in [5, 5.41) is 24.1. The number of benzene rings is 6. The number of phenols is 2. The molecule has 0 aliphatic heterocycles. The maximum absolute atomic E-state index is 14.7.